The summed E-state index contributed by atoms with van der Waals surface area (Å²) in [7, 11) is 0. The Morgan fingerprint density at radius 3 is 2.70 bits per heavy atom. The lowest BCUT2D eigenvalue weighted by Crippen LogP contribution is -2.11. The van der Waals surface area contributed by atoms with Crippen LogP contribution in [0.25, 0.3) is 0 Å². The molecular weight excluding hydrogens is 294 g/mol. The number of nitrogen functional groups attached to an aromatic ring is 1. The Morgan fingerprint density at radius 2 is 2.00 bits per heavy atom. The van der Waals surface area contributed by atoms with Gasteiger partial charge in [0.25, 0.3) is 5.82 Å². The van der Waals surface area contributed by atoms with Crippen LogP contribution in [-0.2, 0) is 6.54 Å². The minimum Gasteiger partial charge on any atom is -0.368 e. The lowest BCUT2D eigenvalue weighted by molar-refractivity contribution is 0.650. The zero-order valence-corrected chi connectivity index (χ0v) is 12.3. The van der Waals surface area contributed by atoms with Crippen LogP contribution in [0.5, 0.6) is 0 Å². The third-order valence-electron chi connectivity index (χ3n) is 2.95. The van der Waals surface area contributed by atoms with Gasteiger partial charge >= 0.3 is 0 Å². The second-order valence-corrected chi connectivity index (χ2v) is 4.80. The quantitative estimate of drug-likeness (QED) is 0.730. The van der Waals surface area contributed by atoms with E-state index in [9.17, 15) is 0 Å². The number of aromatic nitrogens is 6. The molecule has 114 valence electrons. The topological polar surface area (TPSA) is 131 Å². The maximum Gasteiger partial charge on any atom is 0.252 e. The van der Waals surface area contributed by atoms with E-state index in [4.69, 9.17) is 11.0 Å². The van der Waals surface area contributed by atoms with E-state index in [2.05, 4.69) is 30.4 Å². The minimum absolute atomic E-state index is 0.0880. The van der Waals surface area contributed by atoms with E-state index in [1.54, 1.807) is 0 Å². The van der Waals surface area contributed by atoms with Gasteiger partial charge in [-0.05, 0) is 19.1 Å². The van der Waals surface area contributed by atoms with Crippen LogP contribution >= 0.6 is 0 Å². The Labute approximate surface area is 131 Å². The Bertz CT molecular complexity index is 861. The molecule has 0 unspecified atom stereocenters. The third-order valence-corrected chi connectivity index (χ3v) is 2.95. The van der Waals surface area contributed by atoms with Crippen LogP contribution < -0.4 is 11.1 Å². The molecule has 3 rings (SSSR count). The summed E-state index contributed by atoms with van der Waals surface area (Å²) in [6.45, 7) is 2.25. The summed E-state index contributed by atoms with van der Waals surface area (Å²) >= 11 is 0. The Balaban J connectivity index is 1.81. The number of aryl methyl sites for hydroxylation is 1. The average Bonchev–Trinajstić information content (AvgIpc) is 2.96. The highest BCUT2D eigenvalue weighted by molar-refractivity contribution is 5.54. The highest BCUT2D eigenvalue weighted by Crippen LogP contribution is 2.14. The van der Waals surface area contributed by atoms with Gasteiger partial charge in [0.05, 0.1) is 0 Å². The lowest BCUT2D eigenvalue weighted by Gasteiger charge is -2.07. The molecule has 0 aliphatic heterocycles. The summed E-state index contributed by atoms with van der Waals surface area (Å²) < 4.78 is 1.46. The summed E-state index contributed by atoms with van der Waals surface area (Å²) in [6.07, 6.45) is 1.44. The van der Waals surface area contributed by atoms with E-state index in [1.807, 2.05) is 37.3 Å². The molecule has 0 radical (unpaired) electrons. The maximum atomic E-state index is 8.73. The van der Waals surface area contributed by atoms with Gasteiger partial charge in [0, 0.05) is 5.69 Å². The molecule has 0 saturated heterocycles. The van der Waals surface area contributed by atoms with E-state index in [-0.39, 0.29) is 18.3 Å². The first-order valence-corrected chi connectivity index (χ1v) is 6.76. The van der Waals surface area contributed by atoms with Gasteiger partial charge in [0.2, 0.25) is 11.9 Å². The second kappa shape index (κ2) is 6.07. The molecule has 0 aliphatic carbocycles. The molecular formula is C14H13N9. The van der Waals surface area contributed by atoms with Gasteiger partial charge < -0.3 is 11.1 Å². The number of nitrogens with one attached hydrogen (secondary N) is 1. The van der Waals surface area contributed by atoms with Crippen LogP contribution in [0.1, 0.15) is 17.2 Å². The molecule has 0 amide bonds. The molecule has 0 aliphatic rings. The van der Waals surface area contributed by atoms with Crippen molar-refractivity contribution in [3.8, 4) is 6.07 Å². The number of nitrogens with two attached hydrogens (primary N) is 1. The Kier molecular flexibility index (Phi) is 3.80. The predicted octanol–water partition coefficient (Wildman–Crippen LogP) is 1.02. The van der Waals surface area contributed by atoms with Crippen LogP contribution in [0.3, 0.4) is 0 Å². The number of benzene rings is 1. The fraction of sp³-hybridized carbons (Fsp3) is 0.143. The number of hydrogen-bond acceptors (Lipinski definition) is 8. The van der Waals surface area contributed by atoms with Gasteiger partial charge in [-0.2, -0.15) is 20.2 Å². The maximum absolute atomic E-state index is 8.73. The van der Waals surface area contributed by atoms with Gasteiger partial charge in [-0.3, -0.25) is 0 Å². The molecule has 0 spiro atoms. The fourth-order valence-electron chi connectivity index (χ4n) is 1.90. The molecule has 0 bridgehead atoms. The minimum atomic E-state index is 0.0880. The summed E-state index contributed by atoms with van der Waals surface area (Å²) in [6, 6.07) is 9.66. The van der Waals surface area contributed by atoms with Crippen molar-refractivity contribution < 1.29 is 0 Å². The molecule has 9 heteroatoms. The highest BCUT2D eigenvalue weighted by atomic mass is 15.3. The molecule has 3 N–H and O–H groups in total. The second-order valence-electron chi connectivity index (χ2n) is 4.80. The smallest absolute Gasteiger partial charge is 0.252 e. The van der Waals surface area contributed by atoms with Gasteiger partial charge in [-0.1, -0.05) is 17.7 Å². The predicted molar refractivity (Wildman–Crippen MR) is 82.5 cm³/mol. The Morgan fingerprint density at radius 1 is 1.22 bits per heavy atom. The van der Waals surface area contributed by atoms with Crippen LogP contribution in [0.4, 0.5) is 17.6 Å². The largest absolute Gasteiger partial charge is 0.368 e. The SMILES string of the molecule is Cc1ccc(Nc2nc(N)nc(Cn3cnc(C#N)n3)n2)cc1. The van der Waals surface area contributed by atoms with E-state index >= 15 is 0 Å². The van der Waals surface area contributed by atoms with Crippen molar-refractivity contribution in [2.45, 2.75) is 13.5 Å². The number of rotatable bonds is 4. The molecule has 9 nitrogen and oxygen atoms in total. The van der Waals surface area contributed by atoms with Crippen LogP contribution in [0, 0.1) is 18.3 Å². The molecule has 1 aromatic carbocycles. The molecule has 2 aromatic heterocycles. The number of hydrogen-bond donors (Lipinski definition) is 2. The highest BCUT2D eigenvalue weighted by Gasteiger charge is 2.07. The molecule has 0 fully saturated rings. The van der Waals surface area contributed by atoms with E-state index in [0.717, 1.165) is 11.3 Å². The molecule has 0 saturated carbocycles. The van der Waals surface area contributed by atoms with Crippen LogP contribution in [-0.4, -0.2) is 29.7 Å². The van der Waals surface area contributed by atoms with Crippen molar-refractivity contribution >= 4 is 17.6 Å². The zero-order chi connectivity index (χ0) is 16.2. The zero-order valence-electron chi connectivity index (χ0n) is 12.3. The monoisotopic (exact) mass is 307 g/mol. The van der Waals surface area contributed by atoms with Gasteiger partial charge in [-0.25, -0.2) is 9.67 Å². The first-order valence-electron chi connectivity index (χ1n) is 6.76. The average molecular weight is 307 g/mol. The summed E-state index contributed by atoms with van der Waals surface area (Å²) in [5, 5.41) is 15.8. The lowest BCUT2D eigenvalue weighted by atomic mass is 10.2. The molecule has 3 aromatic rings. The van der Waals surface area contributed by atoms with Crippen molar-refractivity contribution in [2.75, 3.05) is 11.1 Å². The van der Waals surface area contributed by atoms with E-state index in [0.29, 0.717) is 11.8 Å². The Hall–Kier alpha value is -3.54. The summed E-state index contributed by atoms with van der Waals surface area (Å²) in [4.78, 5) is 16.2. The fourth-order valence-corrected chi connectivity index (χ4v) is 1.90. The number of nitriles is 1. The van der Waals surface area contributed by atoms with E-state index in [1.165, 1.54) is 11.0 Å². The number of anilines is 3. The van der Waals surface area contributed by atoms with Crippen molar-refractivity contribution in [1.82, 2.24) is 29.7 Å². The first-order chi connectivity index (χ1) is 11.1. The molecule has 2 heterocycles. The molecule has 23 heavy (non-hydrogen) atoms. The van der Waals surface area contributed by atoms with E-state index < -0.39 is 0 Å². The van der Waals surface area contributed by atoms with Crippen LogP contribution in [0.15, 0.2) is 30.6 Å². The van der Waals surface area contributed by atoms with Gasteiger partial charge in [0.15, 0.2) is 5.82 Å². The van der Waals surface area contributed by atoms with Crippen molar-refractivity contribution in [3.63, 3.8) is 0 Å². The summed E-state index contributed by atoms with van der Waals surface area (Å²) in [5.41, 5.74) is 7.73. The van der Waals surface area contributed by atoms with Gasteiger partial charge in [0.1, 0.15) is 18.9 Å². The number of nitrogens with zero attached hydrogens (tertiary/aromatic N) is 7. The molecule has 0 atom stereocenters. The van der Waals surface area contributed by atoms with Crippen LogP contribution in [0.2, 0.25) is 0 Å². The van der Waals surface area contributed by atoms with Gasteiger partial charge in [-0.15, -0.1) is 5.10 Å². The van der Waals surface area contributed by atoms with Crippen molar-refractivity contribution in [2.24, 2.45) is 0 Å². The summed E-state index contributed by atoms with van der Waals surface area (Å²) in [5.74, 6) is 0.953. The third kappa shape index (κ3) is 3.56. The standard InChI is InChI=1S/C14H13N9/c1-9-2-4-10(5-3-9)18-14-20-12(19-13(16)21-14)7-23-8-17-11(6-15)22-23/h2-5,8H,7H2,1H3,(H3,16,18,19,20,21). The normalized spacial score (nSPS) is 10.3. The van der Waals surface area contributed by atoms with Crippen molar-refractivity contribution in [1.29, 1.82) is 5.26 Å². The van der Waals surface area contributed by atoms with Crippen molar-refractivity contribution in [3.05, 3.63) is 47.8 Å². The first kappa shape index (κ1) is 14.4.